The number of methoxy groups -OCH3 is 1. The number of ether oxygens (including phenoxy) is 1. The summed E-state index contributed by atoms with van der Waals surface area (Å²) in [7, 11) is 1.67. The average Bonchev–Trinajstić information content (AvgIpc) is 3.40. The number of nitrogens with zero attached hydrogens (tertiary/aromatic N) is 4. The average molecular weight is 407 g/mol. The quantitative estimate of drug-likeness (QED) is 0.414. The van der Waals surface area contributed by atoms with Crippen LogP contribution >= 0.6 is 11.8 Å². The second kappa shape index (κ2) is 7.22. The number of imidazole rings is 1. The number of fused-ring (bicyclic) bond motifs is 1. The first-order valence-electron chi connectivity index (χ1n) is 9.67. The highest BCUT2D eigenvalue weighted by atomic mass is 32.2. The van der Waals surface area contributed by atoms with Gasteiger partial charge in [-0.3, -0.25) is 4.57 Å². The SMILES string of the molecule is COc1ccc(-c2cnnc3c2nc(SC)n3C(c2occc2C)C2CC2)cc1. The van der Waals surface area contributed by atoms with E-state index in [1.165, 1.54) is 12.8 Å². The Bertz CT molecular complexity index is 1160. The molecule has 0 bridgehead atoms. The molecule has 0 saturated heterocycles. The molecule has 29 heavy (non-hydrogen) atoms. The molecule has 1 saturated carbocycles. The lowest BCUT2D eigenvalue weighted by Crippen LogP contribution is -2.15. The van der Waals surface area contributed by atoms with Crippen molar-refractivity contribution >= 4 is 22.9 Å². The summed E-state index contributed by atoms with van der Waals surface area (Å²) in [6.45, 7) is 2.10. The second-order valence-electron chi connectivity index (χ2n) is 7.38. The van der Waals surface area contributed by atoms with E-state index in [0.717, 1.165) is 44.5 Å². The summed E-state index contributed by atoms with van der Waals surface area (Å²) < 4.78 is 13.4. The van der Waals surface area contributed by atoms with Gasteiger partial charge in [0, 0.05) is 5.56 Å². The summed E-state index contributed by atoms with van der Waals surface area (Å²) >= 11 is 1.63. The summed E-state index contributed by atoms with van der Waals surface area (Å²) in [5.74, 6) is 2.36. The van der Waals surface area contributed by atoms with Gasteiger partial charge in [0.05, 0.1) is 25.6 Å². The Morgan fingerprint density at radius 3 is 2.62 bits per heavy atom. The predicted molar refractivity (Wildman–Crippen MR) is 113 cm³/mol. The number of benzene rings is 1. The molecule has 5 rings (SSSR count). The Kier molecular flexibility index (Phi) is 4.54. The first-order chi connectivity index (χ1) is 14.2. The van der Waals surface area contributed by atoms with Crippen molar-refractivity contribution < 1.29 is 9.15 Å². The highest BCUT2D eigenvalue weighted by Crippen LogP contribution is 2.47. The molecular weight excluding hydrogens is 384 g/mol. The van der Waals surface area contributed by atoms with E-state index in [9.17, 15) is 0 Å². The van der Waals surface area contributed by atoms with Gasteiger partial charge in [-0.05, 0) is 61.3 Å². The Morgan fingerprint density at radius 1 is 1.21 bits per heavy atom. The number of thioether (sulfide) groups is 1. The second-order valence-corrected chi connectivity index (χ2v) is 8.15. The largest absolute Gasteiger partial charge is 0.497 e. The summed E-state index contributed by atoms with van der Waals surface area (Å²) in [6.07, 6.45) is 7.98. The minimum absolute atomic E-state index is 0.0952. The van der Waals surface area contributed by atoms with Crippen LogP contribution in [0.3, 0.4) is 0 Å². The topological polar surface area (TPSA) is 66.0 Å². The molecule has 1 aromatic carbocycles. The van der Waals surface area contributed by atoms with E-state index in [1.54, 1.807) is 31.3 Å². The van der Waals surface area contributed by atoms with E-state index in [4.69, 9.17) is 14.1 Å². The number of aryl methyl sites for hydroxylation is 1. The molecule has 3 heterocycles. The van der Waals surface area contributed by atoms with Gasteiger partial charge < -0.3 is 9.15 Å². The monoisotopic (exact) mass is 406 g/mol. The van der Waals surface area contributed by atoms with Crippen molar-refractivity contribution in [2.75, 3.05) is 13.4 Å². The fourth-order valence-corrected chi connectivity index (χ4v) is 4.48. The van der Waals surface area contributed by atoms with Crippen molar-refractivity contribution in [2.45, 2.75) is 31.0 Å². The van der Waals surface area contributed by atoms with Crippen LogP contribution in [-0.4, -0.2) is 33.1 Å². The zero-order valence-electron chi connectivity index (χ0n) is 16.6. The van der Waals surface area contributed by atoms with E-state index in [1.807, 2.05) is 30.3 Å². The maximum absolute atomic E-state index is 5.92. The molecule has 4 aromatic rings. The lowest BCUT2D eigenvalue weighted by Gasteiger charge is -2.19. The van der Waals surface area contributed by atoms with Crippen LogP contribution in [0, 0.1) is 12.8 Å². The highest BCUT2D eigenvalue weighted by molar-refractivity contribution is 7.98. The Labute approximate surface area is 173 Å². The molecule has 1 fully saturated rings. The standard InChI is InChI=1S/C22H22N4O2S/c1-13-10-11-28-20(13)19(15-4-5-15)26-21-18(24-22(26)29-3)17(12-23-25-21)14-6-8-16(27-2)9-7-14/h6-12,15,19H,4-5H2,1-3H3. The van der Waals surface area contributed by atoms with Crippen molar-refractivity contribution in [3.63, 3.8) is 0 Å². The number of furan rings is 1. The number of hydrogen-bond acceptors (Lipinski definition) is 6. The van der Waals surface area contributed by atoms with Crippen LogP contribution in [0.4, 0.5) is 0 Å². The van der Waals surface area contributed by atoms with Crippen LogP contribution < -0.4 is 4.74 Å². The molecule has 3 aromatic heterocycles. The number of rotatable bonds is 6. The fourth-order valence-electron chi connectivity index (χ4n) is 3.90. The molecule has 0 N–H and O–H groups in total. The van der Waals surface area contributed by atoms with Crippen LogP contribution in [-0.2, 0) is 0 Å². The molecule has 0 aliphatic heterocycles. The number of hydrogen-bond donors (Lipinski definition) is 0. The zero-order valence-corrected chi connectivity index (χ0v) is 17.4. The molecule has 0 spiro atoms. The molecule has 0 radical (unpaired) electrons. The first-order valence-corrected chi connectivity index (χ1v) is 10.9. The molecular formula is C22H22N4O2S. The van der Waals surface area contributed by atoms with Crippen molar-refractivity contribution in [1.29, 1.82) is 0 Å². The third-order valence-electron chi connectivity index (χ3n) is 5.55. The van der Waals surface area contributed by atoms with Gasteiger partial charge in [0.25, 0.3) is 0 Å². The summed E-state index contributed by atoms with van der Waals surface area (Å²) in [5, 5.41) is 9.77. The van der Waals surface area contributed by atoms with Crippen LogP contribution in [0.5, 0.6) is 5.75 Å². The van der Waals surface area contributed by atoms with E-state index in [-0.39, 0.29) is 6.04 Å². The van der Waals surface area contributed by atoms with Gasteiger partial charge in [-0.15, -0.1) is 5.10 Å². The van der Waals surface area contributed by atoms with Crippen LogP contribution in [0.15, 0.2) is 52.4 Å². The third-order valence-corrected chi connectivity index (χ3v) is 6.20. The zero-order chi connectivity index (χ0) is 20.0. The molecule has 148 valence electrons. The first kappa shape index (κ1) is 18.2. The van der Waals surface area contributed by atoms with Gasteiger partial charge >= 0.3 is 0 Å². The summed E-state index contributed by atoms with van der Waals surface area (Å²) in [4.78, 5) is 4.97. The Hall–Kier alpha value is -2.80. The summed E-state index contributed by atoms with van der Waals surface area (Å²) in [6, 6.07) is 10.1. The fraction of sp³-hybridized carbons (Fsp3) is 0.318. The molecule has 1 atom stereocenters. The molecule has 7 heteroatoms. The van der Waals surface area contributed by atoms with Gasteiger partial charge in [-0.1, -0.05) is 23.9 Å². The normalized spacial score (nSPS) is 15.0. The van der Waals surface area contributed by atoms with Gasteiger partial charge in [0.15, 0.2) is 10.8 Å². The van der Waals surface area contributed by atoms with Crippen LogP contribution in [0.1, 0.15) is 30.2 Å². The summed E-state index contributed by atoms with van der Waals surface area (Å²) in [5.41, 5.74) is 4.84. The van der Waals surface area contributed by atoms with Gasteiger partial charge in [0.2, 0.25) is 0 Å². The minimum atomic E-state index is 0.0952. The maximum Gasteiger partial charge on any atom is 0.184 e. The van der Waals surface area contributed by atoms with Gasteiger partial charge in [-0.2, -0.15) is 5.10 Å². The molecule has 6 nitrogen and oxygen atoms in total. The van der Waals surface area contributed by atoms with Crippen molar-refractivity contribution in [3.05, 3.63) is 54.1 Å². The van der Waals surface area contributed by atoms with E-state index in [2.05, 4.69) is 27.9 Å². The maximum atomic E-state index is 5.92. The lowest BCUT2D eigenvalue weighted by molar-refractivity contribution is 0.385. The van der Waals surface area contributed by atoms with Gasteiger partial charge in [0.1, 0.15) is 17.0 Å². The van der Waals surface area contributed by atoms with Crippen molar-refractivity contribution in [1.82, 2.24) is 19.7 Å². The van der Waals surface area contributed by atoms with E-state index in [0.29, 0.717) is 5.92 Å². The van der Waals surface area contributed by atoms with Crippen LogP contribution in [0.25, 0.3) is 22.3 Å². The predicted octanol–water partition coefficient (Wildman–Crippen LogP) is 5.12. The van der Waals surface area contributed by atoms with E-state index < -0.39 is 0 Å². The van der Waals surface area contributed by atoms with E-state index >= 15 is 0 Å². The highest BCUT2D eigenvalue weighted by Gasteiger charge is 2.39. The Morgan fingerprint density at radius 2 is 2.00 bits per heavy atom. The smallest absolute Gasteiger partial charge is 0.184 e. The van der Waals surface area contributed by atoms with Crippen molar-refractivity contribution in [3.8, 4) is 16.9 Å². The molecule has 1 aliphatic rings. The Balaban J connectivity index is 1.71. The molecule has 1 aliphatic carbocycles. The number of aromatic nitrogens is 4. The molecule has 0 amide bonds. The molecule has 1 unspecified atom stereocenters. The van der Waals surface area contributed by atoms with Crippen LogP contribution in [0.2, 0.25) is 0 Å². The third kappa shape index (κ3) is 3.09. The van der Waals surface area contributed by atoms with Gasteiger partial charge in [-0.25, -0.2) is 4.98 Å². The minimum Gasteiger partial charge on any atom is -0.497 e. The lowest BCUT2D eigenvalue weighted by atomic mass is 10.1. The van der Waals surface area contributed by atoms with Crippen molar-refractivity contribution in [2.24, 2.45) is 5.92 Å².